The van der Waals surface area contributed by atoms with Gasteiger partial charge in [-0.05, 0) is 42.8 Å². The molecule has 3 rings (SSSR count). The Morgan fingerprint density at radius 3 is 2.67 bits per heavy atom. The van der Waals surface area contributed by atoms with E-state index in [4.69, 9.17) is 4.42 Å². The third-order valence-electron chi connectivity index (χ3n) is 3.20. The van der Waals surface area contributed by atoms with Crippen LogP contribution in [0, 0.1) is 18.3 Å². The highest BCUT2D eigenvalue weighted by Gasteiger charge is 2.15. The second-order valence-electron chi connectivity index (χ2n) is 4.87. The topological polar surface area (TPSA) is 49.8 Å². The summed E-state index contributed by atoms with van der Waals surface area (Å²) in [4.78, 5) is 4.40. The number of hydrogen-bond acceptors (Lipinski definition) is 4. The van der Waals surface area contributed by atoms with Gasteiger partial charge in [0.2, 0.25) is 0 Å². The second-order valence-corrected chi connectivity index (χ2v) is 6.03. The van der Waals surface area contributed by atoms with Crippen LogP contribution in [0.2, 0.25) is 0 Å². The van der Waals surface area contributed by atoms with E-state index >= 15 is 0 Å². The highest BCUT2D eigenvalue weighted by molar-refractivity contribution is 7.99. The molecule has 0 radical (unpaired) electrons. The van der Waals surface area contributed by atoms with E-state index in [2.05, 4.69) is 42.2 Å². The Morgan fingerprint density at radius 1 is 1.19 bits per heavy atom. The monoisotopic (exact) mass is 294 g/mol. The molecule has 2 aromatic carbocycles. The van der Waals surface area contributed by atoms with Gasteiger partial charge in [-0.2, -0.15) is 5.26 Å². The fourth-order valence-corrected chi connectivity index (χ4v) is 2.94. The number of benzene rings is 2. The number of aromatic nitrogens is 1. The third-order valence-corrected chi connectivity index (χ3v) is 4.14. The van der Waals surface area contributed by atoms with Crippen LogP contribution in [-0.2, 0) is 6.42 Å². The van der Waals surface area contributed by atoms with Gasteiger partial charge in [-0.15, -0.1) is 0 Å². The Bertz CT molecular complexity index is 753. The quantitative estimate of drug-likeness (QED) is 0.671. The Balaban J connectivity index is 1.75. The first-order valence-electron chi connectivity index (χ1n) is 6.72. The molecule has 0 fully saturated rings. The maximum atomic E-state index is 9.34. The van der Waals surface area contributed by atoms with E-state index in [-0.39, 0.29) is 5.25 Å². The van der Waals surface area contributed by atoms with Crippen molar-refractivity contribution in [2.75, 3.05) is 0 Å². The summed E-state index contributed by atoms with van der Waals surface area (Å²) in [6.07, 6.45) is 0.681. The Morgan fingerprint density at radius 2 is 1.95 bits per heavy atom. The van der Waals surface area contributed by atoms with Crippen molar-refractivity contribution in [2.45, 2.75) is 23.8 Å². The first kappa shape index (κ1) is 13.7. The predicted molar refractivity (Wildman–Crippen MR) is 84.2 cm³/mol. The molecule has 0 spiro atoms. The van der Waals surface area contributed by atoms with Gasteiger partial charge in [0.15, 0.2) is 5.58 Å². The van der Waals surface area contributed by atoms with Gasteiger partial charge in [0.05, 0.1) is 6.07 Å². The maximum Gasteiger partial charge on any atom is 0.258 e. The van der Waals surface area contributed by atoms with Gasteiger partial charge in [0, 0.05) is 0 Å². The van der Waals surface area contributed by atoms with E-state index in [0.717, 1.165) is 16.7 Å². The highest BCUT2D eigenvalue weighted by Crippen LogP contribution is 2.28. The number of thioether (sulfide) groups is 1. The first-order valence-corrected chi connectivity index (χ1v) is 7.60. The molecule has 0 aliphatic carbocycles. The van der Waals surface area contributed by atoms with Gasteiger partial charge in [-0.1, -0.05) is 42.0 Å². The minimum atomic E-state index is -0.208. The Labute approximate surface area is 127 Å². The summed E-state index contributed by atoms with van der Waals surface area (Å²) in [5.74, 6) is 0. The zero-order valence-electron chi connectivity index (χ0n) is 11.6. The van der Waals surface area contributed by atoms with Crippen molar-refractivity contribution in [1.82, 2.24) is 4.98 Å². The standard InChI is InChI=1S/C17H14N2OS/c1-12-6-8-13(9-7-12)10-14(11-18)21-17-19-15-4-2-3-5-16(15)20-17/h2-9,14H,10H2,1H3/t14-/m1/s1. The predicted octanol–water partition coefficient (Wildman–Crippen LogP) is 4.36. The van der Waals surface area contributed by atoms with Crippen molar-refractivity contribution in [1.29, 1.82) is 5.26 Å². The normalized spacial score (nSPS) is 12.2. The van der Waals surface area contributed by atoms with E-state index < -0.39 is 0 Å². The summed E-state index contributed by atoms with van der Waals surface area (Å²) in [6, 6.07) is 18.2. The zero-order valence-corrected chi connectivity index (χ0v) is 12.4. The summed E-state index contributed by atoms with van der Waals surface area (Å²) >= 11 is 1.37. The minimum absolute atomic E-state index is 0.208. The fourth-order valence-electron chi connectivity index (χ4n) is 2.08. The van der Waals surface area contributed by atoms with Crippen LogP contribution in [-0.4, -0.2) is 10.2 Å². The summed E-state index contributed by atoms with van der Waals surface area (Å²) in [6.45, 7) is 2.05. The van der Waals surface area contributed by atoms with Crippen LogP contribution >= 0.6 is 11.8 Å². The molecule has 4 heteroatoms. The summed E-state index contributed by atoms with van der Waals surface area (Å²) in [7, 11) is 0. The summed E-state index contributed by atoms with van der Waals surface area (Å²) in [5, 5.41) is 9.68. The van der Waals surface area contributed by atoms with E-state index in [1.165, 1.54) is 17.3 Å². The van der Waals surface area contributed by atoms with E-state index in [9.17, 15) is 5.26 Å². The van der Waals surface area contributed by atoms with Crippen molar-refractivity contribution in [3.05, 3.63) is 59.7 Å². The van der Waals surface area contributed by atoms with Gasteiger partial charge < -0.3 is 4.42 Å². The van der Waals surface area contributed by atoms with Crippen molar-refractivity contribution in [3.63, 3.8) is 0 Å². The molecule has 0 N–H and O–H groups in total. The third kappa shape index (κ3) is 3.26. The van der Waals surface area contributed by atoms with Crippen LogP contribution in [0.4, 0.5) is 0 Å². The molecule has 1 atom stereocenters. The van der Waals surface area contributed by atoms with Crippen molar-refractivity contribution < 1.29 is 4.42 Å². The highest BCUT2D eigenvalue weighted by atomic mass is 32.2. The van der Waals surface area contributed by atoms with Gasteiger partial charge >= 0.3 is 0 Å². The van der Waals surface area contributed by atoms with Crippen LogP contribution in [0.5, 0.6) is 0 Å². The molecule has 0 aliphatic rings. The number of para-hydroxylation sites is 2. The van der Waals surface area contributed by atoms with Crippen molar-refractivity contribution in [3.8, 4) is 6.07 Å². The zero-order chi connectivity index (χ0) is 14.7. The van der Waals surface area contributed by atoms with Gasteiger partial charge in [-0.3, -0.25) is 0 Å². The summed E-state index contributed by atoms with van der Waals surface area (Å²) < 4.78 is 5.66. The largest absolute Gasteiger partial charge is 0.431 e. The lowest BCUT2D eigenvalue weighted by Gasteiger charge is -2.06. The van der Waals surface area contributed by atoms with E-state index in [1.807, 2.05) is 24.3 Å². The molecule has 1 aromatic heterocycles. The Kier molecular flexibility index (Phi) is 3.94. The lowest BCUT2D eigenvalue weighted by Crippen LogP contribution is -2.03. The number of nitrogens with zero attached hydrogens (tertiary/aromatic N) is 2. The van der Waals surface area contributed by atoms with Crippen LogP contribution < -0.4 is 0 Å². The van der Waals surface area contributed by atoms with Crippen LogP contribution in [0.15, 0.2) is 58.2 Å². The number of fused-ring (bicyclic) bond motifs is 1. The maximum absolute atomic E-state index is 9.34. The molecule has 0 bridgehead atoms. The number of rotatable bonds is 4. The van der Waals surface area contributed by atoms with Crippen LogP contribution in [0.1, 0.15) is 11.1 Å². The molecule has 0 unspecified atom stereocenters. The van der Waals surface area contributed by atoms with Gasteiger partial charge in [0.1, 0.15) is 10.8 Å². The van der Waals surface area contributed by atoms with Crippen molar-refractivity contribution >= 4 is 22.9 Å². The lowest BCUT2D eigenvalue weighted by atomic mass is 10.1. The average molecular weight is 294 g/mol. The molecule has 3 nitrogen and oxygen atoms in total. The van der Waals surface area contributed by atoms with E-state index in [0.29, 0.717) is 11.6 Å². The lowest BCUT2D eigenvalue weighted by molar-refractivity contribution is 0.489. The molecule has 0 saturated heterocycles. The molecule has 0 amide bonds. The molecule has 1 heterocycles. The van der Waals surface area contributed by atoms with Gasteiger partial charge in [-0.25, -0.2) is 4.98 Å². The number of nitriles is 1. The smallest absolute Gasteiger partial charge is 0.258 e. The van der Waals surface area contributed by atoms with Gasteiger partial charge in [0.25, 0.3) is 5.22 Å². The molecule has 21 heavy (non-hydrogen) atoms. The van der Waals surface area contributed by atoms with Crippen LogP contribution in [0.3, 0.4) is 0 Å². The number of oxazole rings is 1. The fraction of sp³-hybridized carbons (Fsp3) is 0.176. The first-order chi connectivity index (χ1) is 10.2. The minimum Gasteiger partial charge on any atom is -0.431 e. The average Bonchev–Trinajstić information content (AvgIpc) is 2.91. The molecular formula is C17H14N2OS. The van der Waals surface area contributed by atoms with Crippen molar-refractivity contribution in [2.24, 2.45) is 0 Å². The number of hydrogen-bond donors (Lipinski definition) is 0. The van der Waals surface area contributed by atoms with E-state index in [1.54, 1.807) is 0 Å². The molecule has 0 aliphatic heterocycles. The number of aryl methyl sites for hydroxylation is 1. The molecular weight excluding hydrogens is 280 g/mol. The molecule has 3 aromatic rings. The Hall–Kier alpha value is -2.25. The summed E-state index contributed by atoms with van der Waals surface area (Å²) in [5.41, 5.74) is 3.95. The SMILES string of the molecule is Cc1ccc(C[C@H](C#N)Sc2nc3ccccc3o2)cc1. The van der Waals surface area contributed by atoms with Crippen LogP contribution in [0.25, 0.3) is 11.1 Å². The molecule has 104 valence electrons. The second kappa shape index (κ2) is 6.02. The molecule has 0 saturated carbocycles.